The molecule has 1 atom stereocenters. The highest BCUT2D eigenvalue weighted by atomic mass is 79.9. The summed E-state index contributed by atoms with van der Waals surface area (Å²) in [6, 6.07) is 8.06. The predicted octanol–water partition coefficient (Wildman–Crippen LogP) is 3.30. The number of benzene rings is 1. The van der Waals surface area contributed by atoms with E-state index in [-0.39, 0.29) is 5.66 Å². The predicted molar refractivity (Wildman–Crippen MR) is 75.1 cm³/mol. The number of hydrogen-bond donors (Lipinski definition) is 1. The molecule has 16 heavy (non-hydrogen) atoms. The molecule has 4 heteroatoms. The molecule has 0 amide bonds. The van der Waals surface area contributed by atoms with Crippen LogP contribution in [0, 0.1) is 0 Å². The van der Waals surface area contributed by atoms with Crippen LogP contribution in [0.4, 0.5) is 0 Å². The van der Waals surface area contributed by atoms with Gasteiger partial charge in [0.05, 0.1) is 0 Å². The summed E-state index contributed by atoms with van der Waals surface area (Å²) in [5, 5.41) is 3.26. The lowest BCUT2D eigenvalue weighted by Crippen LogP contribution is -2.38. The molecule has 0 spiro atoms. The molecule has 0 saturated carbocycles. The molecule has 1 aromatic rings. The van der Waals surface area contributed by atoms with Crippen LogP contribution < -0.4 is 5.32 Å². The molecule has 1 aliphatic heterocycles. The maximum absolute atomic E-state index is 5.32. The summed E-state index contributed by atoms with van der Waals surface area (Å²) in [7, 11) is 0. The van der Waals surface area contributed by atoms with Gasteiger partial charge in [0, 0.05) is 10.0 Å². The first kappa shape index (κ1) is 11.7. The molecule has 2 nitrogen and oxygen atoms in total. The van der Waals surface area contributed by atoms with E-state index < -0.39 is 0 Å². The molecule has 0 saturated heterocycles. The summed E-state index contributed by atoms with van der Waals surface area (Å²) in [6.45, 7) is 4.16. The third kappa shape index (κ3) is 2.18. The molecule has 0 aliphatic carbocycles. The highest BCUT2D eigenvalue weighted by Gasteiger charge is 2.31. The van der Waals surface area contributed by atoms with Gasteiger partial charge in [0.15, 0.2) is 0 Å². The maximum Gasteiger partial charge on any atom is 0.127 e. The Morgan fingerprint density at radius 2 is 2.00 bits per heavy atom. The summed E-state index contributed by atoms with van der Waals surface area (Å²) in [5.74, 6) is 0. The average Bonchev–Trinajstić information content (AvgIpc) is 2.57. The van der Waals surface area contributed by atoms with E-state index in [4.69, 9.17) is 12.2 Å². The molecule has 1 aliphatic rings. The second-order valence-electron chi connectivity index (χ2n) is 4.05. The monoisotopic (exact) mass is 296 g/mol. The third-order valence-corrected chi connectivity index (χ3v) is 3.59. The van der Waals surface area contributed by atoms with Crippen LogP contribution in [0.15, 0.2) is 33.7 Å². The van der Waals surface area contributed by atoms with Crippen LogP contribution in [0.3, 0.4) is 0 Å². The standard InChI is InChI=1S/C12H13BrN2S/c1-3-12(2)14-10(11(16)15-12)8-4-6-9(13)7-5-8/h4-7H,3H2,1-2H3,(H,15,16). The number of halogens is 1. The molecule has 2 rings (SSSR count). The second kappa shape index (κ2) is 4.26. The third-order valence-electron chi connectivity index (χ3n) is 2.76. The molecule has 1 aromatic carbocycles. The van der Waals surface area contributed by atoms with Gasteiger partial charge in [-0.15, -0.1) is 0 Å². The molecule has 1 N–H and O–H groups in total. The zero-order chi connectivity index (χ0) is 11.8. The van der Waals surface area contributed by atoms with E-state index in [9.17, 15) is 0 Å². The van der Waals surface area contributed by atoms with E-state index in [1.54, 1.807) is 0 Å². The van der Waals surface area contributed by atoms with Crippen molar-refractivity contribution in [3.63, 3.8) is 0 Å². The van der Waals surface area contributed by atoms with Crippen molar-refractivity contribution >= 4 is 38.8 Å². The first-order valence-corrected chi connectivity index (χ1v) is 6.42. The Bertz CT molecular complexity index is 453. The Morgan fingerprint density at radius 1 is 1.38 bits per heavy atom. The van der Waals surface area contributed by atoms with Gasteiger partial charge >= 0.3 is 0 Å². The minimum absolute atomic E-state index is 0.237. The summed E-state index contributed by atoms with van der Waals surface area (Å²) >= 11 is 8.73. The normalized spacial score (nSPS) is 24.2. The van der Waals surface area contributed by atoms with E-state index >= 15 is 0 Å². The minimum atomic E-state index is -0.237. The summed E-state index contributed by atoms with van der Waals surface area (Å²) < 4.78 is 1.06. The molecule has 0 aromatic heterocycles. The SMILES string of the molecule is CCC1(C)N=C(c2ccc(Br)cc2)C(=S)N1. The Morgan fingerprint density at radius 3 is 2.50 bits per heavy atom. The van der Waals surface area contributed by atoms with Gasteiger partial charge in [-0.25, -0.2) is 0 Å². The van der Waals surface area contributed by atoms with E-state index in [0.29, 0.717) is 0 Å². The number of aliphatic imine (C=N–C) groups is 1. The van der Waals surface area contributed by atoms with Crippen LogP contribution in [0.1, 0.15) is 25.8 Å². The van der Waals surface area contributed by atoms with Crippen LogP contribution >= 0.6 is 28.1 Å². The quantitative estimate of drug-likeness (QED) is 0.847. The van der Waals surface area contributed by atoms with Gasteiger partial charge in [0.2, 0.25) is 0 Å². The van der Waals surface area contributed by atoms with Gasteiger partial charge in [-0.1, -0.05) is 47.2 Å². The lowest BCUT2D eigenvalue weighted by molar-refractivity contribution is 0.440. The molecule has 1 unspecified atom stereocenters. The van der Waals surface area contributed by atoms with E-state index in [2.05, 4.69) is 40.1 Å². The van der Waals surface area contributed by atoms with Crippen molar-refractivity contribution in [3.8, 4) is 0 Å². The molecule has 84 valence electrons. The van der Waals surface area contributed by atoms with Crippen molar-refractivity contribution in [2.75, 3.05) is 0 Å². The van der Waals surface area contributed by atoms with Crippen molar-refractivity contribution in [2.45, 2.75) is 25.9 Å². The first-order chi connectivity index (χ1) is 7.54. The fourth-order valence-corrected chi connectivity index (χ4v) is 2.25. The Kier molecular flexibility index (Phi) is 3.13. The van der Waals surface area contributed by atoms with Crippen LogP contribution in [-0.4, -0.2) is 16.4 Å². The van der Waals surface area contributed by atoms with Crippen LogP contribution in [0.5, 0.6) is 0 Å². The molecular formula is C12H13BrN2S. The largest absolute Gasteiger partial charge is 0.351 e. The fraction of sp³-hybridized carbons (Fsp3) is 0.333. The zero-order valence-electron chi connectivity index (χ0n) is 9.25. The number of nitrogens with one attached hydrogen (secondary N) is 1. The summed E-state index contributed by atoms with van der Waals surface area (Å²) in [4.78, 5) is 5.41. The van der Waals surface area contributed by atoms with Gasteiger partial charge in [0.1, 0.15) is 16.4 Å². The second-order valence-corrected chi connectivity index (χ2v) is 5.37. The van der Waals surface area contributed by atoms with Crippen molar-refractivity contribution in [3.05, 3.63) is 34.3 Å². The van der Waals surface area contributed by atoms with Crippen LogP contribution in [0.2, 0.25) is 0 Å². The fourth-order valence-electron chi connectivity index (χ4n) is 1.60. The number of nitrogens with zero attached hydrogens (tertiary/aromatic N) is 1. The lowest BCUT2D eigenvalue weighted by atomic mass is 10.1. The van der Waals surface area contributed by atoms with E-state index in [1.807, 2.05) is 24.3 Å². The first-order valence-electron chi connectivity index (χ1n) is 5.22. The van der Waals surface area contributed by atoms with Gasteiger partial charge < -0.3 is 5.32 Å². The lowest BCUT2D eigenvalue weighted by Gasteiger charge is -2.18. The summed E-state index contributed by atoms with van der Waals surface area (Å²) in [6.07, 6.45) is 0.924. The van der Waals surface area contributed by atoms with E-state index in [1.165, 1.54) is 0 Å². The zero-order valence-corrected chi connectivity index (χ0v) is 11.7. The van der Waals surface area contributed by atoms with Gasteiger partial charge in [-0.3, -0.25) is 4.99 Å². The van der Waals surface area contributed by atoms with Crippen molar-refractivity contribution in [2.24, 2.45) is 4.99 Å². The molecule has 0 fully saturated rings. The van der Waals surface area contributed by atoms with Gasteiger partial charge in [-0.05, 0) is 25.5 Å². The highest BCUT2D eigenvalue weighted by molar-refractivity contribution is 9.10. The molecule has 1 heterocycles. The van der Waals surface area contributed by atoms with Crippen LogP contribution in [0.25, 0.3) is 0 Å². The number of hydrogen-bond acceptors (Lipinski definition) is 2. The Hall–Kier alpha value is -0.740. The van der Waals surface area contributed by atoms with E-state index in [0.717, 1.165) is 27.2 Å². The smallest absolute Gasteiger partial charge is 0.127 e. The van der Waals surface area contributed by atoms with Crippen LogP contribution in [-0.2, 0) is 0 Å². The molecule has 0 bridgehead atoms. The molecule has 0 radical (unpaired) electrons. The van der Waals surface area contributed by atoms with Crippen molar-refractivity contribution < 1.29 is 0 Å². The minimum Gasteiger partial charge on any atom is -0.351 e. The Balaban J connectivity index is 2.38. The highest BCUT2D eigenvalue weighted by Crippen LogP contribution is 2.21. The average molecular weight is 297 g/mol. The Labute approximate surface area is 109 Å². The topological polar surface area (TPSA) is 24.4 Å². The van der Waals surface area contributed by atoms with Crippen molar-refractivity contribution in [1.29, 1.82) is 0 Å². The number of rotatable bonds is 2. The summed E-state index contributed by atoms with van der Waals surface area (Å²) in [5.41, 5.74) is 1.73. The maximum atomic E-state index is 5.32. The van der Waals surface area contributed by atoms with Crippen molar-refractivity contribution in [1.82, 2.24) is 5.32 Å². The number of thiocarbonyl (C=S) groups is 1. The van der Waals surface area contributed by atoms with Gasteiger partial charge in [0.25, 0.3) is 0 Å². The van der Waals surface area contributed by atoms with Gasteiger partial charge in [-0.2, -0.15) is 0 Å². The molecular weight excluding hydrogens is 284 g/mol.